The highest BCUT2D eigenvalue weighted by Crippen LogP contribution is 2.46. The average Bonchev–Trinajstić information content (AvgIpc) is 2.76. The Morgan fingerprint density at radius 3 is 2.32 bits per heavy atom. The fourth-order valence-electron chi connectivity index (χ4n) is 3.89. The van der Waals surface area contributed by atoms with Crippen LogP contribution in [-0.4, -0.2) is 23.3 Å². The molecule has 1 aliphatic rings. The van der Waals surface area contributed by atoms with E-state index in [1.807, 2.05) is 26.0 Å². The van der Waals surface area contributed by atoms with E-state index in [2.05, 4.69) is 6.92 Å². The van der Waals surface area contributed by atoms with Gasteiger partial charge in [-0.2, -0.15) is 0 Å². The number of unbranched alkanes of at least 4 members (excludes halogenated alkanes) is 5. The molecule has 1 N–H and O–H groups in total. The number of hydrogen-bond donors (Lipinski definition) is 1. The molecule has 0 bridgehead atoms. The summed E-state index contributed by atoms with van der Waals surface area (Å²) in [5.41, 5.74) is 1.56. The standard InChI is InChI=1S/C21H31NO3/c1-5-6-7-8-9-10-13-22-19-16(3)12-11-15(2)18(19)21(25,20(22)24)14-17(4)23/h11-12,25H,5-10,13-14H2,1-4H3. The summed E-state index contributed by atoms with van der Waals surface area (Å²) in [6.45, 7) is 8.07. The summed E-state index contributed by atoms with van der Waals surface area (Å²) in [4.78, 5) is 26.4. The number of nitrogens with zero attached hydrogens (tertiary/aromatic N) is 1. The van der Waals surface area contributed by atoms with Crippen LogP contribution in [0.5, 0.6) is 0 Å². The highest BCUT2D eigenvalue weighted by Gasteiger charge is 2.51. The zero-order valence-electron chi connectivity index (χ0n) is 16.0. The SMILES string of the molecule is CCCCCCCCN1C(=O)C(O)(CC(C)=O)c2c(C)ccc(C)c21. The van der Waals surface area contributed by atoms with E-state index in [4.69, 9.17) is 0 Å². The minimum Gasteiger partial charge on any atom is -0.375 e. The number of aryl methyl sites for hydroxylation is 2. The van der Waals surface area contributed by atoms with Crippen molar-refractivity contribution in [3.8, 4) is 0 Å². The van der Waals surface area contributed by atoms with Crippen molar-refractivity contribution in [3.05, 3.63) is 28.8 Å². The fraction of sp³-hybridized carbons (Fsp3) is 0.619. The van der Waals surface area contributed by atoms with E-state index in [1.54, 1.807) is 4.90 Å². The van der Waals surface area contributed by atoms with Crippen LogP contribution in [-0.2, 0) is 15.2 Å². The first-order chi connectivity index (χ1) is 11.8. The molecule has 0 fully saturated rings. The van der Waals surface area contributed by atoms with Gasteiger partial charge in [-0.3, -0.25) is 9.59 Å². The van der Waals surface area contributed by atoms with Crippen LogP contribution in [0.1, 0.15) is 75.5 Å². The second-order valence-corrected chi connectivity index (χ2v) is 7.39. The van der Waals surface area contributed by atoms with Crippen molar-refractivity contribution in [1.82, 2.24) is 0 Å². The minimum absolute atomic E-state index is 0.157. The lowest BCUT2D eigenvalue weighted by Gasteiger charge is -2.22. The number of benzene rings is 1. The first kappa shape index (κ1) is 19.6. The Morgan fingerprint density at radius 2 is 1.68 bits per heavy atom. The van der Waals surface area contributed by atoms with Gasteiger partial charge in [0.2, 0.25) is 0 Å². The molecule has 25 heavy (non-hydrogen) atoms. The van der Waals surface area contributed by atoms with E-state index in [9.17, 15) is 14.7 Å². The van der Waals surface area contributed by atoms with Crippen molar-refractivity contribution >= 4 is 17.4 Å². The Labute approximate surface area is 151 Å². The quantitative estimate of drug-likeness (QED) is 0.683. The predicted molar refractivity (Wildman–Crippen MR) is 101 cm³/mol. The molecule has 2 rings (SSSR count). The van der Waals surface area contributed by atoms with E-state index in [0.717, 1.165) is 29.7 Å². The third kappa shape index (κ3) is 3.95. The molecule has 1 atom stereocenters. The normalized spacial score (nSPS) is 19.4. The maximum atomic E-state index is 13.0. The number of anilines is 1. The summed E-state index contributed by atoms with van der Waals surface area (Å²) in [5.74, 6) is -0.521. The summed E-state index contributed by atoms with van der Waals surface area (Å²) in [7, 11) is 0. The van der Waals surface area contributed by atoms with Crippen LogP contribution in [0, 0.1) is 13.8 Å². The van der Waals surface area contributed by atoms with Gasteiger partial charge in [-0.1, -0.05) is 51.2 Å². The maximum Gasteiger partial charge on any atom is 0.264 e. The first-order valence-corrected chi connectivity index (χ1v) is 9.47. The molecule has 1 unspecified atom stereocenters. The largest absolute Gasteiger partial charge is 0.375 e. The van der Waals surface area contributed by atoms with Gasteiger partial charge in [-0.05, 0) is 38.3 Å². The van der Waals surface area contributed by atoms with Gasteiger partial charge < -0.3 is 10.0 Å². The van der Waals surface area contributed by atoms with E-state index < -0.39 is 5.60 Å². The van der Waals surface area contributed by atoms with Crippen LogP contribution in [0.4, 0.5) is 5.69 Å². The van der Waals surface area contributed by atoms with Crippen LogP contribution in [0.3, 0.4) is 0 Å². The Kier molecular flexibility index (Phi) is 6.39. The fourth-order valence-corrected chi connectivity index (χ4v) is 3.89. The number of rotatable bonds is 9. The highest BCUT2D eigenvalue weighted by atomic mass is 16.3. The molecule has 1 aliphatic heterocycles. The van der Waals surface area contributed by atoms with Crippen molar-refractivity contribution in [1.29, 1.82) is 0 Å². The molecular weight excluding hydrogens is 314 g/mol. The van der Waals surface area contributed by atoms with Crippen molar-refractivity contribution < 1.29 is 14.7 Å². The smallest absolute Gasteiger partial charge is 0.264 e. The minimum atomic E-state index is -1.71. The molecule has 0 aromatic heterocycles. The van der Waals surface area contributed by atoms with Gasteiger partial charge in [0, 0.05) is 18.5 Å². The number of hydrogen-bond acceptors (Lipinski definition) is 3. The molecule has 0 radical (unpaired) electrons. The topological polar surface area (TPSA) is 57.6 Å². The molecular formula is C21H31NO3. The summed E-state index contributed by atoms with van der Waals surface area (Å²) in [5, 5.41) is 11.1. The van der Waals surface area contributed by atoms with Gasteiger partial charge in [0.15, 0.2) is 5.60 Å². The molecule has 0 spiro atoms. The molecule has 1 aromatic carbocycles. The summed E-state index contributed by atoms with van der Waals surface area (Å²) < 4.78 is 0. The van der Waals surface area contributed by atoms with Crippen molar-refractivity contribution in [3.63, 3.8) is 0 Å². The third-order valence-electron chi connectivity index (χ3n) is 5.11. The van der Waals surface area contributed by atoms with Gasteiger partial charge >= 0.3 is 0 Å². The second kappa shape index (κ2) is 8.13. The van der Waals surface area contributed by atoms with Gasteiger partial charge in [0.25, 0.3) is 5.91 Å². The predicted octanol–water partition coefficient (Wildman–Crippen LogP) is 4.18. The molecule has 138 valence electrons. The van der Waals surface area contributed by atoms with E-state index in [0.29, 0.717) is 12.1 Å². The van der Waals surface area contributed by atoms with E-state index >= 15 is 0 Å². The Hall–Kier alpha value is -1.68. The van der Waals surface area contributed by atoms with Crippen molar-refractivity contribution in [2.45, 2.75) is 78.2 Å². The number of Topliss-reactive ketones (excluding diaryl/α,β-unsaturated/α-hetero) is 1. The molecule has 1 aromatic rings. The van der Waals surface area contributed by atoms with Gasteiger partial charge in [-0.15, -0.1) is 0 Å². The van der Waals surface area contributed by atoms with E-state index in [1.165, 1.54) is 32.6 Å². The maximum absolute atomic E-state index is 13.0. The number of amides is 1. The number of ketones is 1. The zero-order valence-corrected chi connectivity index (χ0v) is 16.0. The lowest BCUT2D eigenvalue weighted by Crippen LogP contribution is -2.42. The van der Waals surface area contributed by atoms with Gasteiger partial charge in [0.1, 0.15) is 5.78 Å². The van der Waals surface area contributed by atoms with Crippen molar-refractivity contribution in [2.75, 3.05) is 11.4 Å². The molecule has 0 saturated heterocycles. The summed E-state index contributed by atoms with van der Waals surface area (Å²) >= 11 is 0. The van der Waals surface area contributed by atoms with Crippen molar-refractivity contribution in [2.24, 2.45) is 0 Å². The average molecular weight is 345 g/mol. The molecule has 1 heterocycles. The van der Waals surface area contributed by atoms with Crippen LogP contribution in [0.25, 0.3) is 0 Å². The van der Waals surface area contributed by atoms with Crippen LogP contribution < -0.4 is 4.90 Å². The number of aliphatic hydroxyl groups is 1. The van der Waals surface area contributed by atoms with Crippen LogP contribution in [0.15, 0.2) is 12.1 Å². The highest BCUT2D eigenvalue weighted by molar-refractivity contribution is 6.09. The first-order valence-electron chi connectivity index (χ1n) is 9.47. The molecule has 4 nitrogen and oxygen atoms in total. The van der Waals surface area contributed by atoms with E-state index in [-0.39, 0.29) is 18.1 Å². The number of carbonyl (C=O) groups excluding carboxylic acids is 2. The zero-order chi connectivity index (χ0) is 18.6. The Bertz CT molecular complexity index is 653. The lowest BCUT2D eigenvalue weighted by molar-refractivity contribution is -0.141. The lowest BCUT2D eigenvalue weighted by atomic mass is 9.86. The van der Waals surface area contributed by atoms with Crippen LogP contribution >= 0.6 is 0 Å². The summed E-state index contributed by atoms with van der Waals surface area (Å²) in [6, 6.07) is 3.90. The molecule has 0 saturated carbocycles. The Balaban J connectivity index is 2.24. The number of carbonyl (C=O) groups is 2. The molecule has 1 amide bonds. The summed E-state index contributed by atoms with van der Waals surface area (Å²) in [6.07, 6.45) is 6.71. The second-order valence-electron chi connectivity index (χ2n) is 7.39. The molecule has 0 aliphatic carbocycles. The number of fused-ring (bicyclic) bond motifs is 1. The molecule has 4 heteroatoms. The van der Waals surface area contributed by atoms with Gasteiger partial charge in [0.05, 0.1) is 5.69 Å². The van der Waals surface area contributed by atoms with Crippen LogP contribution in [0.2, 0.25) is 0 Å². The third-order valence-corrected chi connectivity index (χ3v) is 5.11. The van der Waals surface area contributed by atoms with Gasteiger partial charge in [-0.25, -0.2) is 0 Å². The Morgan fingerprint density at radius 1 is 1.08 bits per heavy atom. The monoisotopic (exact) mass is 345 g/mol.